The maximum Gasteiger partial charge on any atom is -0.0809 e. The fraction of sp³-hybridized carbons (Fsp3) is 0.0541. The molecule has 1 heteroatoms. The average molecular weight is 566 g/mol. The molecule has 182 valence electrons. The Kier molecular flexibility index (Phi) is 8.37. The third-order valence-corrected chi connectivity index (χ3v) is 8.11. The van der Waals surface area contributed by atoms with Gasteiger partial charge >= 0.3 is 99.2 Å². The van der Waals surface area contributed by atoms with Crippen LogP contribution in [0.5, 0.6) is 0 Å². The van der Waals surface area contributed by atoms with Crippen molar-refractivity contribution in [2.45, 2.75) is 13.8 Å². The Hall–Kier alpha value is -3.67. The predicted octanol–water partition coefficient (Wildman–Crippen LogP) is 9.69. The van der Waals surface area contributed by atoms with Gasteiger partial charge in [0.25, 0.3) is 0 Å². The molecular formula is C37H30Zr. The smallest absolute Gasteiger partial charge is 0.0809 e. The molecule has 0 fully saturated rings. The minimum atomic E-state index is 1.33. The number of rotatable bonds is 2. The summed E-state index contributed by atoms with van der Waals surface area (Å²) in [5, 5.41) is 8.12. The van der Waals surface area contributed by atoms with E-state index in [0.29, 0.717) is 0 Å². The number of fused-ring (bicyclic) bond motifs is 4. The number of hydrogen-bond acceptors (Lipinski definition) is 0. The second-order valence-corrected chi connectivity index (χ2v) is 10.8. The van der Waals surface area contributed by atoms with Crippen molar-refractivity contribution < 1.29 is 24.2 Å². The van der Waals surface area contributed by atoms with Crippen LogP contribution in [0.25, 0.3) is 32.3 Å². The second-order valence-electron chi connectivity index (χ2n) is 9.59. The van der Waals surface area contributed by atoms with Gasteiger partial charge in [-0.3, -0.25) is 0 Å². The van der Waals surface area contributed by atoms with Crippen LogP contribution in [0.15, 0.2) is 146 Å². The van der Waals surface area contributed by atoms with E-state index in [4.69, 9.17) is 0 Å². The van der Waals surface area contributed by atoms with Crippen molar-refractivity contribution in [2.24, 2.45) is 0 Å². The molecule has 0 saturated heterocycles. The summed E-state index contributed by atoms with van der Waals surface area (Å²) in [4.78, 5) is 0. The van der Waals surface area contributed by atoms with E-state index in [1.165, 1.54) is 82.0 Å². The van der Waals surface area contributed by atoms with Crippen molar-refractivity contribution in [3.63, 3.8) is 0 Å². The molecule has 0 heterocycles. The number of aryl methyl sites for hydroxylation is 2. The number of hydrogen-bond donors (Lipinski definition) is 0. The van der Waals surface area contributed by atoms with E-state index in [2.05, 4.69) is 159 Å². The molecule has 38 heavy (non-hydrogen) atoms. The molecule has 7 aromatic carbocycles. The van der Waals surface area contributed by atoms with Gasteiger partial charge in [0.2, 0.25) is 0 Å². The Morgan fingerprint density at radius 2 is 1.03 bits per heavy atom. The van der Waals surface area contributed by atoms with E-state index in [1.54, 1.807) is 0 Å². The Morgan fingerprint density at radius 1 is 0.526 bits per heavy atom. The topological polar surface area (TPSA) is 0 Å². The van der Waals surface area contributed by atoms with Gasteiger partial charge in [0.15, 0.2) is 0 Å². The molecule has 0 amide bonds. The van der Waals surface area contributed by atoms with Crippen LogP contribution in [0.4, 0.5) is 0 Å². The molecule has 0 radical (unpaired) electrons. The summed E-state index contributed by atoms with van der Waals surface area (Å²) in [6.45, 7) is 4.28. The quantitative estimate of drug-likeness (QED) is 0.183. The van der Waals surface area contributed by atoms with E-state index in [0.717, 1.165) is 0 Å². The molecule has 0 spiro atoms. The van der Waals surface area contributed by atoms with Crippen molar-refractivity contribution in [3.8, 4) is 0 Å². The Balaban J connectivity index is 0.000000120. The zero-order valence-corrected chi connectivity index (χ0v) is 24.3. The Morgan fingerprint density at radius 3 is 1.55 bits per heavy atom. The minimum Gasteiger partial charge on any atom is -0.168 e. The van der Waals surface area contributed by atoms with Crippen LogP contribution in [0.3, 0.4) is 0 Å². The summed E-state index contributed by atoms with van der Waals surface area (Å²) in [5.74, 6) is 0. The molecule has 0 aliphatic carbocycles. The molecule has 0 unspecified atom stereocenters. The first-order valence-electron chi connectivity index (χ1n) is 12.9. The maximum absolute atomic E-state index is 2.28. The Labute approximate surface area is 240 Å². The van der Waals surface area contributed by atoms with Crippen LogP contribution in [0.1, 0.15) is 22.3 Å². The van der Waals surface area contributed by atoms with Crippen LogP contribution in [0, 0.1) is 13.8 Å². The first-order chi connectivity index (χ1) is 18.6. The summed E-state index contributed by atoms with van der Waals surface area (Å²) in [7, 11) is 0. The normalized spacial score (nSPS) is 10.5. The first-order valence-corrected chi connectivity index (χ1v) is 14.2. The molecular weight excluding hydrogens is 536 g/mol. The molecule has 7 aromatic rings. The van der Waals surface area contributed by atoms with Crippen molar-refractivity contribution in [2.75, 3.05) is 0 Å². The van der Waals surface area contributed by atoms with Gasteiger partial charge in [0.1, 0.15) is 0 Å². The fourth-order valence-electron chi connectivity index (χ4n) is 4.71. The molecule has 0 atom stereocenters. The van der Waals surface area contributed by atoms with E-state index >= 15 is 0 Å². The largest absolute Gasteiger partial charge is 0.168 e. The van der Waals surface area contributed by atoms with Gasteiger partial charge in [-0.15, -0.1) is 69.4 Å². The van der Waals surface area contributed by atoms with E-state index in [-0.39, 0.29) is 0 Å². The van der Waals surface area contributed by atoms with Gasteiger partial charge in [-0.25, -0.2) is 0 Å². The van der Waals surface area contributed by atoms with Gasteiger partial charge in [-0.2, -0.15) is 17.5 Å². The van der Waals surface area contributed by atoms with Crippen molar-refractivity contribution in [1.29, 1.82) is 0 Å². The zero-order chi connectivity index (χ0) is 26.3. The van der Waals surface area contributed by atoms with E-state index < -0.39 is 0 Å². The van der Waals surface area contributed by atoms with Gasteiger partial charge in [0, 0.05) is 0 Å². The van der Waals surface area contributed by atoms with Crippen LogP contribution < -0.4 is 0 Å². The SMILES string of the molecule is Cc1ccc2c(c1)[cH-]c1cc(C)ccc12.[Zr+2]=[C](c1ccccc1)c1ccccc1.c1ccc2[cH-]ccc2c1. The van der Waals surface area contributed by atoms with Gasteiger partial charge in [0.05, 0.1) is 0 Å². The maximum atomic E-state index is 2.28. The predicted molar refractivity (Wildman–Crippen MR) is 162 cm³/mol. The zero-order valence-electron chi connectivity index (χ0n) is 21.9. The molecule has 0 aromatic heterocycles. The van der Waals surface area contributed by atoms with Crippen molar-refractivity contribution >= 4 is 35.5 Å². The van der Waals surface area contributed by atoms with E-state index in [1.807, 2.05) is 0 Å². The van der Waals surface area contributed by atoms with Crippen LogP contribution in [-0.2, 0) is 24.2 Å². The van der Waals surface area contributed by atoms with Crippen molar-refractivity contribution in [3.05, 3.63) is 168 Å². The molecule has 0 aliphatic heterocycles. The number of benzene rings is 5. The third-order valence-electron chi connectivity index (χ3n) is 6.69. The summed E-state index contributed by atoms with van der Waals surface area (Å²) in [6, 6.07) is 51.4. The third kappa shape index (κ3) is 6.24. The summed E-state index contributed by atoms with van der Waals surface area (Å²) in [5.41, 5.74) is 5.32. The summed E-state index contributed by atoms with van der Waals surface area (Å²) < 4.78 is 1.42. The Bertz CT molecular complexity index is 1660. The minimum absolute atomic E-state index is 1.33. The van der Waals surface area contributed by atoms with Gasteiger partial charge in [-0.05, 0) is 13.8 Å². The summed E-state index contributed by atoms with van der Waals surface area (Å²) >= 11 is 1.46. The van der Waals surface area contributed by atoms with Crippen LogP contribution in [0.2, 0.25) is 0 Å². The summed E-state index contributed by atoms with van der Waals surface area (Å²) in [6.07, 6.45) is 0. The second kappa shape index (κ2) is 12.3. The molecule has 0 bridgehead atoms. The standard InChI is InChI=1S/C15H13.C13H10.C9H7.Zr/c1-10-3-5-14-12(7-10)9-13-8-11(2)4-6-15(13)14;1-3-7-12(8-4-1)11-13-9-5-2-6-10-13;1-2-5-9-7-3-6-8(9)4-1;/h3-9H,1-2H3;1-10H;1-7H;/q-1;;-1;+2. The molecule has 0 aliphatic rings. The van der Waals surface area contributed by atoms with Crippen LogP contribution >= 0.6 is 0 Å². The van der Waals surface area contributed by atoms with Crippen molar-refractivity contribution in [1.82, 2.24) is 0 Å². The monoisotopic (exact) mass is 564 g/mol. The first kappa shape index (κ1) is 26.0. The average Bonchev–Trinajstić information content (AvgIpc) is 3.58. The molecule has 7 rings (SSSR count). The van der Waals surface area contributed by atoms with Gasteiger partial charge in [-0.1, -0.05) is 41.5 Å². The molecule has 0 N–H and O–H groups in total. The fourth-order valence-corrected chi connectivity index (χ4v) is 5.53. The van der Waals surface area contributed by atoms with Gasteiger partial charge < -0.3 is 0 Å². The van der Waals surface area contributed by atoms with E-state index in [9.17, 15) is 0 Å². The molecule has 0 saturated carbocycles. The van der Waals surface area contributed by atoms with Crippen LogP contribution in [-0.4, -0.2) is 3.21 Å². The molecule has 0 nitrogen and oxygen atoms in total.